The summed E-state index contributed by atoms with van der Waals surface area (Å²) in [6.45, 7) is 4.11. The van der Waals surface area contributed by atoms with Gasteiger partial charge < -0.3 is 26.7 Å². The normalized spacial score (nSPS) is 21.5. The van der Waals surface area contributed by atoms with Crippen molar-refractivity contribution in [3.8, 4) is 11.1 Å². The summed E-state index contributed by atoms with van der Waals surface area (Å²) in [6, 6.07) is 13.0. The highest BCUT2D eigenvalue weighted by Crippen LogP contribution is 2.40. The summed E-state index contributed by atoms with van der Waals surface area (Å²) in [7, 11) is 0. The van der Waals surface area contributed by atoms with Crippen LogP contribution in [0.1, 0.15) is 44.6 Å². The molecule has 3 aliphatic rings. The number of piperidine rings is 1. The average Bonchev–Trinajstić information content (AvgIpc) is 3.61. The molecule has 1 amide bonds. The van der Waals surface area contributed by atoms with E-state index in [2.05, 4.69) is 45.5 Å². The van der Waals surface area contributed by atoms with Crippen molar-refractivity contribution < 1.29 is 4.79 Å². The van der Waals surface area contributed by atoms with Crippen LogP contribution in [0.2, 0.25) is 0 Å². The second-order valence-corrected chi connectivity index (χ2v) is 9.14. The van der Waals surface area contributed by atoms with Crippen molar-refractivity contribution in [3.63, 3.8) is 0 Å². The zero-order valence-corrected chi connectivity index (χ0v) is 18.1. The van der Waals surface area contributed by atoms with Crippen LogP contribution in [0.5, 0.6) is 0 Å². The number of para-hydroxylation sites is 1. The Labute approximate surface area is 183 Å². The van der Waals surface area contributed by atoms with E-state index >= 15 is 0 Å². The highest BCUT2D eigenvalue weighted by molar-refractivity contribution is 6.07. The van der Waals surface area contributed by atoms with Crippen molar-refractivity contribution in [1.82, 2.24) is 5.32 Å². The molecule has 31 heavy (non-hydrogen) atoms. The van der Waals surface area contributed by atoms with Crippen LogP contribution in [-0.2, 0) is 4.79 Å². The smallest absolute Gasteiger partial charge is 0.226 e. The summed E-state index contributed by atoms with van der Waals surface area (Å²) in [4.78, 5) is 12.2. The first-order valence-corrected chi connectivity index (χ1v) is 11.5. The molecule has 0 aromatic heterocycles. The van der Waals surface area contributed by atoms with E-state index in [0.717, 1.165) is 78.2 Å². The summed E-state index contributed by atoms with van der Waals surface area (Å²) in [6.07, 6.45) is 4.88. The van der Waals surface area contributed by atoms with Crippen molar-refractivity contribution >= 4 is 28.7 Å². The number of anilines is 3. The fraction of sp³-hybridized carbons (Fsp3) is 0.440. The van der Waals surface area contributed by atoms with Gasteiger partial charge in [-0.2, -0.15) is 0 Å². The Kier molecular flexibility index (Phi) is 5.40. The molecule has 6 heteroatoms. The van der Waals surface area contributed by atoms with Crippen LogP contribution in [0.4, 0.5) is 17.1 Å². The second kappa shape index (κ2) is 8.35. The number of hydrogen-bond donors (Lipinski definition) is 5. The lowest BCUT2D eigenvalue weighted by molar-refractivity contribution is -0.116. The molecule has 0 radical (unpaired) electrons. The summed E-state index contributed by atoms with van der Waals surface area (Å²) in [5.74, 6) is 0.419. The number of benzene rings is 2. The van der Waals surface area contributed by atoms with E-state index in [1.807, 2.05) is 19.1 Å². The number of rotatable bonds is 5. The molecule has 1 atom stereocenters. The third-order valence-corrected chi connectivity index (χ3v) is 6.53. The minimum absolute atomic E-state index is 0.0358. The van der Waals surface area contributed by atoms with E-state index in [4.69, 9.17) is 5.41 Å². The van der Waals surface area contributed by atoms with Crippen molar-refractivity contribution in [3.05, 3.63) is 42.0 Å². The van der Waals surface area contributed by atoms with Gasteiger partial charge in [0.05, 0.1) is 11.4 Å². The van der Waals surface area contributed by atoms with Gasteiger partial charge in [0.15, 0.2) is 0 Å². The van der Waals surface area contributed by atoms with Crippen LogP contribution < -0.4 is 21.3 Å². The zero-order valence-electron chi connectivity index (χ0n) is 18.1. The summed E-state index contributed by atoms with van der Waals surface area (Å²) >= 11 is 0. The summed E-state index contributed by atoms with van der Waals surface area (Å²) < 4.78 is 0. The Morgan fingerprint density at radius 3 is 2.68 bits per heavy atom. The van der Waals surface area contributed by atoms with E-state index in [0.29, 0.717) is 18.4 Å². The van der Waals surface area contributed by atoms with E-state index in [9.17, 15) is 4.79 Å². The molecule has 162 valence electrons. The first-order valence-electron chi connectivity index (χ1n) is 11.5. The van der Waals surface area contributed by atoms with Crippen molar-refractivity contribution in [2.75, 3.05) is 29.0 Å². The topological polar surface area (TPSA) is 89.0 Å². The number of nitrogens with one attached hydrogen (secondary N) is 5. The Morgan fingerprint density at radius 1 is 1.10 bits per heavy atom. The molecule has 2 heterocycles. The predicted octanol–water partition coefficient (Wildman–Crippen LogP) is 4.44. The number of amides is 1. The largest absolute Gasteiger partial charge is 0.382 e. The third kappa shape index (κ3) is 4.30. The number of carbonyl (C=O) groups excluding carboxylic acids is 1. The molecule has 2 fully saturated rings. The minimum Gasteiger partial charge on any atom is -0.382 e. The van der Waals surface area contributed by atoms with Crippen molar-refractivity contribution in [2.24, 2.45) is 5.92 Å². The summed E-state index contributed by atoms with van der Waals surface area (Å²) in [5.41, 5.74) is 6.75. The third-order valence-electron chi connectivity index (χ3n) is 6.53. The molecule has 1 saturated carbocycles. The van der Waals surface area contributed by atoms with Crippen LogP contribution in [0.3, 0.4) is 0 Å². The van der Waals surface area contributed by atoms with Crippen LogP contribution in [0, 0.1) is 11.3 Å². The number of fused-ring (bicyclic) bond motifs is 1. The van der Waals surface area contributed by atoms with Gasteiger partial charge in [-0.1, -0.05) is 18.2 Å². The van der Waals surface area contributed by atoms with Crippen LogP contribution in [-0.4, -0.2) is 36.8 Å². The molecular weight excluding hydrogens is 386 g/mol. The van der Waals surface area contributed by atoms with E-state index in [1.165, 1.54) is 0 Å². The minimum atomic E-state index is 0.0358. The highest BCUT2D eigenvalue weighted by atomic mass is 16.1. The van der Waals surface area contributed by atoms with Crippen LogP contribution in [0.15, 0.2) is 36.4 Å². The van der Waals surface area contributed by atoms with Gasteiger partial charge in [-0.05, 0) is 69.5 Å². The molecule has 0 spiro atoms. The Bertz CT molecular complexity index is 1010. The average molecular weight is 418 g/mol. The Morgan fingerprint density at radius 2 is 1.90 bits per heavy atom. The number of hydrogen-bond acceptors (Lipinski definition) is 5. The molecule has 0 bridgehead atoms. The molecule has 2 aromatic rings. The summed E-state index contributed by atoms with van der Waals surface area (Å²) in [5, 5.41) is 22.5. The fourth-order valence-corrected chi connectivity index (χ4v) is 4.67. The van der Waals surface area contributed by atoms with Gasteiger partial charge in [0.2, 0.25) is 5.91 Å². The van der Waals surface area contributed by atoms with E-state index < -0.39 is 0 Å². The Balaban J connectivity index is 1.53. The second-order valence-electron chi connectivity index (χ2n) is 9.14. The zero-order chi connectivity index (χ0) is 21.4. The molecule has 1 saturated heterocycles. The monoisotopic (exact) mass is 417 g/mol. The molecule has 5 rings (SSSR count). The van der Waals surface area contributed by atoms with E-state index in [-0.39, 0.29) is 11.9 Å². The van der Waals surface area contributed by atoms with Gasteiger partial charge in [-0.15, -0.1) is 0 Å². The highest BCUT2D eigenvalue weighted by Gasteiger charge is 2.30. The lowest BCUT2D eigenvalue weighted by Gasteiger charge is -2.26. The standard InChI is InChI=1S/C25H31N5O/c1-15-13-23(31)30-22-4-2-3-19(25(22)28-15)17-7-8-21(29-18-9-11-27-12-10-18)20(14-17)24(26)16-5-6-16/h2-4,7-8,14-16,18,26-29H,5-6,9-13H2,1H3,(H,30,31). The lowest BCUT2D eigenvalue weighted by atomic mass is 9.95. The number of carbonyl (C=O) groups is 1. The molecule has 1 unspecified atom stereocenters. The maximum Gasteiger partial charge on any atom is 0.226 e. The van der Waals surface area contributed by atoms with Crippen LogP contribution >= 0.6 is 0 Å². The van der Waals surface area contributed by atoms with Gasteiger partial charge >= 0.3 is 0 Å². The first-order chi connectivity index (χ1) is 15.1. The van der Waals surface area contributed by atoms with Gasteiger partial charge in [0.1, 0.15) is 0 Å². The molecule has 2 aromatic carbocycles. The van der Waals surface area contributed by atoms with Gasteiger partial charge in [0.25, 0.3) is 0 Å². The van der Waals surface area contributed by atoms with Gasteiger partial charge in [-0.3, -0.25) is 4.79 Å². The molecule has 2 aliphatic heterocycles. The Hall–Kier alpha value is -2.86. The maximum absolute atomic E-state index is 12.2. The van der Waals surface area contributed by atoms with Crippen molar-refractivity contribution in [2.45, 2.75) is 51.1 Å². The molecule has 6 nitrogen and oxygen atoms in total. The van der Waals surface area contributed by atoms with Crippen LogP contribution in [0.25, 0.3) is 11.1 Å². The van der Waals surface area contributed by atoms with Gasteiger partial charge in [-0.25, -0.2) is 0 Å². The fourth-order valence-electron chi connectivity index (χ4n) is 4.67. The maximum atomic E-state index is 12.2. The first kappa shape index (κ1) is 20.1. The van der Waals surface area contributed by atoms with Crippen molar-refractivity contribution in [1.29, 1.82) is 5.41 Å². The molecule has 5 N–H and O–H groups in total. The molecule has 1 aliphatic carbocycles. The lowest BCUT2D eigenvalue weighted by Crippen LogP contribution is -2.35. The quantitative estimate of drug-likeness (QED) is 0.466. The molecular formula is C25H31N5O. The predicted molar refractivity (Wildman–Crippen MR) is 127 cm³/mol. The van der Waals surface area contributed by atoms with Gasteiger partial charge in [0, 0.05) is 46.9 Å². The van der Waals surface area contributed by atoms with E-state index in [1.54, 1.807) is 0 Å². The SMILES string of the molecule is CC1CC(=O)Nc2cccc(-c3ccc(NC4CCNCC4)c(C(=N)C4CC4)c3)c2N1.